The Kier molecular flexibility index (Phi) is 7.95. The fraction of sp³-hybridized carbons (Fsp3) is 0.588. The molecule has 0 saturated carbocycles. The summed E-state index contributed by atoms with van der Waals surface area (Å²) in [5.74, 6) is 0.535. The lowest BCUT2D eigenvalue weighted by atomic mass is 9.97. The Bertz CT molecular complexity index is 359. The third-order valence-corrected chi connectivity index (χ3v) is 3.43. The quantitative estimate of drug-likeness (QED) is 0.341. The largest absolute Gasteiger partial charge is 0.391 e. The molecule has 0 N–H and O–H groups in total. The predicted octanol–water partition coefficient (Wildman–Crippen LogP) is 5.19. The second-order valence-electron chi connectivity index (χ2n) is 5.09. The van der Waals surface area contributed by atoms with Gasteiger partial charge in [-0.1, -0.05) is 75.5 Å². The maximum atomic E-state index is 5.49. The van der Waals surface area contributed by atoms with E-state index in [0.29, 0.717) is 12.5 Å². The van der Waals surface area contributed by atoms with Crippen LogP contribution in [0.2, 0.25) is 0 Å². The lowest BCUT2D eigenvalue weighted by Crippen LogP contribution is -2.10. The molecule has 0 saturated heterocycles. The molecule has 19 heavy (non-hydrogen) atoms. The smallest absolute Gasteiger partial charge is 0.142 e. The zero-order valence-corrected chi connectivity index (χ0v) is 12.6. The molecule has 0 aliphatic carbocycles. The standard InChI is InChI=1S/C17H27NO/c1-4-6-8-11-15(3)17(5-2)18-19-14-16-12-9-7-10-13-16/h7,9-10,12-13,15H,4-6,8,11,14H2,1-3H3/b18-17+/t15-/m0/s1. The Labute approximate surface area is 117 Å². The molecule has 1 atom stereocenters. The van der Waals surface area contributed by atoms with Gasteiger partial charge in [-0.15, -0.1) is 0 Å². The predicted molar refractivity (Wildman–Crippen MR) is 82.3 cm³/mol. The molecule has 0 aliphatic rings. The van der Waals surface area contributed by atoms with Crippen molar-refractivity contribution in [3.8, 4) is 0 Å². The summed E-state index contributed by atoms with van der Waals surface area (Å²) in [4.78, 5) is 5.49. The molecule has 0 spiro atoms. The van der Waals surface area contributed by atoms with Gasteiger partial charge in [0.05, 0.1) is 5.71 Å². The average molecular weight is 261 g/mol. The molecule has 0 unspecified atom stereocenters. The molecule has 2 heteroatoms. The van der Waals surface area contributed by atoms with Gasteiger partial charge >= 0.3 is 0 Å². The van der Waals surface area contributed by atoms with Gasteiger partial charge in [0.1, 0.15) is 6.61 Å². The van der Waals surface area contributed by atoms with Crippen molar-refractivity contribution in [3.63, 3.8) is 0 Å². The van der Waals surface area contributed by atoms with Crippen molar-refractivity contribution in [1.29, 1.82) is 0 Å². The number of hydrogen-bond donors (Lipinski definition) is 0. The van der Waals surface area contributed by atoms with Crippen LogP contribution in [0.25, 0.3) is 0 Å². The van der Waals surface area contributed by atoms with Gasteiger partial charge in [0.25, 0.3) is 0 Å². The summed E-state index contributed by atoms with van der Waals surface area (Å²) >= 11 is 0. The van der Waals surface area contributed by atoms with E-state index in [1.807, 2.05) is 18.2 Å². The van der Waals surface area contributed by atoms with E-state index < -0.39 is 0 Å². The lowest BCUT2D eigenvalue weighted by molar-refractivity contribution is 0.128. The third-order valence-electron chi connectivity index (χ3n) is 3.43. The van der Waals surface area contributed by atoms with Gasteiger partial charge in [-0.3, -0.25) is 0 Å². The van der Waals surface area contributed by atoms with Crippen LogP contribution in [0.4, 0.5) is 0 Å². The highest BCUT2D eigenvalue weighted by molar-refractivity contribution is 5.85. The van der Waals surface area contributed by atoms with E-state index in [2.05, 4.69) is 38.1 Å². The van der Waals surface area contributed by atoms with Gasteiger partial charge in [-0.25, -0.2) is 0 Å². The van der Waals surface area contributed by atoms with Crippen LogP contribution in [0.15, 0.2) is 35.5 Å². The first kappa shape index (κ1) is 15.7. The van der Waals surface area contributed by atoms with Crippen LogP contribution in [-0.2, 0) is 11.4 Å². The molecule has 0 aromatic heterocycles. The van der Waals surface area contributed by atoms with Crippen molar-refractivity contribution < 1.29 is 4.84 Å². The Hall–Kier alpha value is -1.31. The Morgan fingerprint density at radius 3 is 2.53 bits per heavy atom. The minimum Gasteiger partial charge on any atom is -0.391 e. The average Bonchev–Trinajstić information content (AvgIpc) is 2.45. The Balaban J connectivity index is 2.38. The van der Waals surface area contributed by atoms with E-state index in [4.69, 9.17) is 4.84 Å². The van der Waals surface area contributed by atoms with Crippen LogP contribution in [-0.4, -0.2) is 5.71 Å². The molecule has 106 valence electrons. The van der Waals surface area contributed by atoms with Crippen LogP contribution in [0.3, 0.4) is 0 Å². The number of oxime groups is 1. The van der Waals surface area contributed by atoms with Gasteiger partial charge < -0.3 is 4.84 Å². The normalized spacial score (nSPS) is 13.3. The minimum atomic E-state index is 0.535. The molecule has 0 radical (unpaired) electrons. The van der Waals surface area contributed by atoms with Crippen molar-refractivity contribution in [2.45, 2.75) is 59.5 Å². The van der Waals surface area contributed by atoms with Gasteiger partial charge in [0, 0.05) is 0 Å². The van der Waals surface area contributed by atoms with Gasteiger partial charge in [-0.2, -0.15) is 0 Å². The fourth-order valence-corrected chi connectivity index (χ4v) is 2.13. The van der Waals surface area contributed by atoms with Crippen LogP contribution >= 0.6 is 0 Å². The van der Waals surface area contributed by atoms with E-state index in [0.717, 1.165) is 6.42 Å². The maximum Gasteiger partial charge on any atom is 0.142 e. The molecular formula is C17H27NO. The number of rotatable bonds is 9. The van der Waals surface area contributed by atoms with Crippen LogP contribution in [0.1, 0.15) is 58.4 Å². The van der Waals surface area contributed by atoms with Crippen molar-refractivity contribution in [2.75, 3.05) is 0 Å². The second kappa shape index (κ2) is 9.60. The molecule has 2 nitrogen and oxygen atoms in total. The number of unbranched alkanes of at least 4 members (excludes halogenated alkanes) is 2. The first-order valence-corrected chi connectivity index (χ1v) is 7.50. The van der Waals surface area contributed by atoms with E-state index in [-0.39, 0.29) is 0 Å². The molecular weight excluding hydrogens is 234 g/mol. The first-order chi connectivity index (χ1) is 9.27. The molecule has 0 fully saturated rings. The molecule has 0 bridgehead atoms. The fourth-order valence-electron chi connectivity index (χ4n) is 2.13. The molecule has 1 rings (SSSR count). The molecule has 1 aromatic rings. The molecule has 0 amide bonds. The second-order valence-corrected chi connectivity index (χ2v) is 5.09. The Morgan fingerprint density at radius 1 is 1.16 bits per heavy atom. The summed E-state index contributed by atoms with van der Waals surface area (Å²) in [6, 6.07) is 10.2. The highest BCUT2D eigenvalue weighted by Gasteiger charge is 2.09. The van der Waals surface area contributed by atoms with Crippen LogP contribution in [0.5, 0.6) is 0 Å². The van der Waals surface area contributed by atoms with Crippen LogP contribution in [0, 0.1) is 5.92 Å². The zero-order chi connectivity index (χ0) is 13.9. The summed E-state index contributed by atoms with van der Waals surface area (Å²) in [5.41, 5.74) is 2.35. The maximum absolute atomic E-state index is 5.49. The van der Waals surface area contributed by atoms with E-state index in [9.17, 15) is 0 Å². The first-order valence-electron chi connectivity index (χ1n) is 7.50. The summed E-state index contributed by atoms with van der Waals surface area (Å²) in [6.45, 7) is 7.21. The van der Waals surface area contributed by atoms with E-state index in [1.165, 1.54) is 37.0 Å². The third kappa shape index (κ3) is 6.42. The summed E-state index contributed by atoms with van der Waals surface area (Å²) in [5, 5.41) is 4.33. The van der Waals surface area contributed by atoms with Crippen molar-refractivity contribution in [1.82, 2.24) is 0 Å². The summed E-state index contributed by atoms with van der Waals surface area (Å²) < 4.78 is 0. The van der Waals surface area contributed by atoms with Crippen LogP contribution < -0.4 is 0 Å². The molecule has 1 aromatic carbocycles. The van der Waals surface area contributed by atoms with E-state index in [1.54, 1.807) is 0 Å². The monoisotopic (exact) mass is 261 g/mol. The molecule has 0 heterocycles. The molecule has 0 aliphatic heterocycles. The number of hydrogen-bond acceptors (Lipinski definition) is 2. The topological polar surface area (TPSA) is 21.6 Å². The Morgan fingerprint density at radius 2 is 1.89 bits per heavy atom. The van der Waals surface area contributed by atoms with Crippen molar-refractivity contribution in [2.24, 2.45) is 11.1 Å². The van der Waals surface area contributed by atoms with Gasteiger partial charge in [-0.05, 0) is 24.3 Å². The number of nitrogens with zero attached hydrogens (tertiary/aromatic N) is 1. The lowest BCUT2D eigenvalue weighted by Gasteiger charge is -2.12. The SMILES string of the molecule is CCCCC[C@H](C)/C(CC)=N/OCc1ccccc1. The van der Waals surface area contributed by atoms with Gasteiger partial charge in [0.15, 0.2) is 0 Å². The summed E-state index contributed by atoms with van der Waals surface area (Å²) in [7, 11) is 0. The van der Waals surface area contributed by atoms with Gasteiger partial charge in [0.2, 0.25) is 0 Å². The highest BCUT2D eigenvalue weighted by atomic mass is 16.6. The zero-order valence-electron chi connectivity index (χ0n) is 12.6. The van der Waals surface area contributed by atoms with Crippen molar-refractivity contribution in [3.05, 3.63) is 35.9 Å². The minimum absolute atomic E-state index is 0.535. The van der Waals surface area contributed by atoms with Crippen molar-refractivity contribution >= 4 is 5.71 Å². The summed E-state index contributed by atoms with van der Waals surface area (Å²) in [6.07, 6.45) is 6.06. The highest BCUT2D eigenvalue weighted by Crippen LogP contribution is 2.14. The number of benzene rings is 1. The van der Waals surface area contributed by atoms with E-state index >= 15 is 0 Å².